The van der Waals surface area contributed by atoms with Crippen LogP contribution in [0.4, 0.5) is 0 Å². The van der Waals surface area contributed by atoms with Crippen LogP contribution in [-0.2, 0) is 18.7 Å². The molecule has 0 aromatic carbocycles. The van der Waals surface area contributed by atoms with Crippen molar-refractivity contribution in [3.05, 3.63) is 0 Å². The Hall–Kier alpha value is -0.393. The van der Waals surface area contributed by atoms with E-state index < -0.39 is 19.3 Å². The highest BCUT2D eigenvalue weighted by Gasteiger charge is 2.47. The van der Waals surface area contributed by atoms with E-state index in [1.165, 1.54) is 0 Å². The molecular weight excluding hydrogens is 320 g/mol. The predicted molar refractivity (Wildman–Crippen MR) is 101 cm³/mol. The highest BCUT2D eigenvalue weighted by Crippen LogP contribution is 2.43. The molecule has 1 aliphatic carbocycles. The molecule has 0 bridgehead atoms. The van der Waals surface area contributed by atoms with Crippen LogP contribution in [0.25, 0.3) is 0 Å². The molecule has 0 spiro atoms. The Labute approximate surface area is 149 Å². The number of carbonyl (C=O) groups is 1. The summed E-state index contributed by atoms with van der Waals surface area (Å²) in [5.41, 5.74) is -0.984. The lowest BCUT2D eigenvalue weighted by Gasteiger charge is -2.44. The zero-order valence-corrected chi connectivity index (χ0v) is 18.2. The first-order valence-corrected chi connectivity index (χ1v) is 12.0. The number of esters is 1. The first-order chi connectivity index (χ1) is 10.7. The number of hydrogen-bond acceptors (Lipinski definition) is 4. The molecule has 0 atom stereocenters. The van der Waals surface area contributed by atoms with Gasteiger partial charge in [-0.05, 0) is 64.6 Å². The molecule has 4 nitrogen and oxygen atoms in total. The van der Waals surface area contributed by atoms with Gasteiger partial charge in [-0.15, -0.1) is 0 Å². The Morgan fingerprint density at radius 3 is 1.96 bits per heavy atom. The maximum absolute atomic E-state index is 12.7. The van der Waals surface area contributed by atoms with E-state index in [1.54, 1.807) is 7.11 Å². The monoisotopic (exact) mass is 358 g/mol. The molecular formula is C19H38O4Si. The van der Waals surface area contributed by atoms with E-state index in [0.717, 1.165) is 25.7 Å². The van der Waals surface area contributed by atoms with E-state index in [-0.39, 0.29) is 17.1 Å². The van der Waals surface area contributed by atoms with Crippen LogP contribution >= 0.6 is 0 Å². The molecule has 0 saturated heterocycles. The van der Waals surface area contributed by atoms with Crippen molar-refractivity contribution in [2.45, 2.75) is 97.1 Å². The summed E-state index contributed by atoms with van der Waals surface area (Å²) in [5, 5.41) is 0.208. The van der Waals surface area contributed by atoms with Crippen molar-refractivity contribution < 1.29 is 18.7 Å². The second kappa shape index (κ2) is 7.46. The lowest BCUT2D eigenvalue weighted by Crippen LogP contribution is -2.48. The van der Waals surface area contributed by atoms with Gasteiger partial charge in [0, 0.05) is 13.2 Å². The third-order valence-electron chi connectivity index (χ3n) is 5.41. The average molecular weight is 359 g/mol. The Bertz CT molecular complexity index is 424. The molecule has 0 unspecified atom stereocenters. The molecule has 0 aliphatic heterocycles. The van der Waals surface area contributed by atoms with Gasteiger partial charge in [0.1, 0.15) is 5.60 Å². The molecule has 1 rings (SSSR count). The summed E-state index contributed by atoms with van der Waals surface area (Å²) < 4.78 is 17.6. The molecule has 24 heavy (non-hydrogen) atoms. The molecule has 0 radical (unpaired) electrons. The summed E-state index contributed by atoms with van der Waals surface area (Å²) in [6.07, 6.45) is 3.59. The number of rotatable bonds is 5. The molecule has 142 valence electrons. The van der Waals surface area contributed by atoms with Gasteiger partial charge in [-0.25, -0.2) is 0 Å². The zero-order chi connectivity index (χ0) is 18.8. The van der Waals surface area contributed by atoms with Gasteiger partial charge in [0.15, 0.2) is 8.32 Å². The summed E-state index contributed by atoms with van der Waals surface area (Å²) in [5.74, 6) is -0.123. The van der Waals surface area contributed by atoms with Gasteiger partial charge in [0.25, 0.3) is 0 Å². The summed E-state index contributed by atoms with van der Waals surface area (Å²) >= 11 is 0. The molecule has 1 aliphatic rings. The van der Waals surface area contributed by atoms with E-state index >= 15 is 0 Å². The molecule has 1 fully saturated rings. The van der Waals surface area contributed by atoms with Gasteiger partial charge in [-0.1, -0.05) is 20.8 Å². The fraction of sp³-hybridized carbons (Fsp3) is 0.947. The maximum Gasteiger partial charge on any atom is 0.314 e. The second-order valence-corrected chi connectivity index (χ2v) is 14.5. The van der Waals surface area contributed by atoms with Crippen molar-refractivity contribution in [1.29, 1.82) is 0 Å². The largest absolute Gasteiger partial charge is 0.459 e. The zero-order valence-electron chi connectivity index (χ0n) is 17.2. The summed E-state index contributed by atoms with van der Waals surface area (Å²) in [7, 11) is -0.113. The molecule has 5 heteroatoms. The first kappa shape index (κ1) is 21.6. The van der Waals surface area contributed by atoms with Crippen LogP contribution in [0.5, 0.6) is 0 Å². The van der Waals surface area contributed by atoms with Crippen molar-refractivity contribution in [3.63, 3.8) is 0 Å². The summed E-state index contributed by atoms with van der Waals surface area (Å²) in [6, 6.07) is 0. The molecule has 0 aromatic rings. The van der Waals surface area contributed by atoms with Gasteiger partial charge >= 0.3 is 5.97 Å². The summed E-state index contributed by atoms with van der Waals surface area (Å²) in [6.45, 7) is 17.5. The van der Waals surface area contributed by atoms with Crippen LogP contribution in [-0.4, -0.2) is 39.7 Å². The SMILES string of the molecule is COC[C@]1(C(=O)OC(C)(C)C)CC[C@H](O[Si](C)(C)C(C)(C)C)CC1. The normalized spacial score (nSPS) is 26.3. The van der Waals surface area contributed by atoms with Crippen molar-refractivity contribution in [3.8, 4) is 0 Å². The van der Waals surface area contributed by atoms with Crippen LogP contribution in [0.2, 0.25) is 18.1 Å². The first-order valence-electron chi connectivity index (χ1n) is 9.13. The van der Waals surface area contributed by atoms with Crippen molar-refractivity contribution in [1.82, 2.24) is 0 Å². The van der Waals surface area contributed by atoms with E-state index in [0.29, 0.717) is 6.61 Å². The highest BCUT2D eigenvalue weighted by molar-refractivity contribution is 6.74. The minimum Gasteiger partial charge on any atom is -0.459 e. The third kappa shape index (κ3) is 5.56. The highest BCUT2D eigenvalue weighted by atomic mass is 28.4. The van der Waals surface area contributed by atoms with Crippen LogP contribution in [0.3, 0.4) is 0 Å². The quantitative estimate of drug-likeness (QED) is 0.516. The van der Waals surface area contributed by atoms with E-state index in [1.807, 2.05) is 20.8 Å². The van der Waals surface area contributed by atoms with Gasteiger partial charge in [0.2, 0.25) is 0 Å². The lowest BCUT2D eigenvalue weighted by molar-refractivity contribution is -0.175. The average Bonchev–Trinajstić information content (AvgIpc) is 2.37. The van der Waals surface area contributed by atoms with E-state index in [4.69, 9.17) is 13.9 Å². The molecule has 0 aromatic heterocycles. The topological polar surface area (TPSA) is 44.8 Å². The molecule has 1 saturated carbocycles. The third-order valence-corrected chi connectivity index (χ3v) is 9.94. The lowest BCUT2D eigenvalue weighted by atomic mass is 9.73. The molecule has 0 N–H and O–H groups in total. The van der Waals surface area contributed by atoms with Gasteiger partial charge in [-0.2, -0.15) is 0 Å². The fourth-order valence-electron chi connectivity index (χ4n) is 2.93. The van der Waals surface area contributed by atoms with Crippen molar-refractivity contribution in [2.75, 3.05) is 13.7 Å². The second-order valence-electron chi connectivity index (χ2n) is 9.79. The van der Waals surface area contributed by atoms with Crippen LogP contribution in [0.15, 0.2) is 0 Å². The Balaban J connectivity index is 2.76. The van der Waals surface area contributed by atoms with Gasteiger partial charge in [0.05, 0.1) is 12.0 Å². The number of ether oxygens (including phenoxy) is 2. The Kier molecular flexibility index (Phi) is 6.73. The van der Waals surface area contributed by atoms with Gasteiger partial charge < -0.3 is 13.9 Å². The minimum atomic E-state index is -1.77. The minimum absolute atomic E-state index is 0.123. The molecule has 0 amide bonds. The van der Waals surface area contributed by atoms with E-state index in [2.05, 4.69) is 33.9 Å². The van der Waals surface area contributed by atoms with Crippen LogP contribution in [0.1, 0.15) is 67.2 Å². The summed E-state index contributed by atoms with van der Waals surface area (Å²) in [4.78, 5) is 12.7. The standard InChI is InChI=1S/C19H38O4Si/c1-17(2,3)22-16(20)19(14-21-7)12-10-15(11-13-19)23-24(8,9)18(4,5)6/h15H,10-14H2,1-9H3/t15-,19-. The van der Waals surface area contributed by atoms with Crippen molar-refractivity contribution in [2.24, 2.45) is 5.41 Å². The van der Waals surface area contributed by atoms with Gasteiger partial charge in [-0.3, -0.25) is 4.79 Å². The Morgan fingerprint density at radius 2 is 1.58 bits per heavy atom. The van der Waals surface area contributed by atoms with Crippen LogP contribution < -0.4 is 0 Å². The predicted octanol–water partition coefficient (Wildman–Crippen LogP) is 4.93. The fourth-order valence-corrected chi connectivity index (χ4v) is 4.35. The number of carbonyl (C=O) groups excluding carboxylic acids is 1. The van der Waals surface area contributed by atoms with Crippen molar-refractivity contribution >= 4 is 14.3 Å². The smallest absolute Gasteiger partial charge is 0.314 e. The number of hydrogen-bond donors (Lipinski definition) is 0. The molecule has 0 heterocycles. The van der Waals surface area contributed by atoms with E-state index in [9.17, 15) is 4.79 Å². The maximum atomic E-state index is 12.7. The Morgan fingerprint density at radius 1 is 1.08 bits per heavy atom. The number of methoxy groups -OCH3 is 1. The van der Waals surface area contributed by atoms with Crippen LogP contribution in [0, 0.1) is 5.41 Å².